The van der Waals surface area contributed by atoms with E-state index in [0.29, 0.717) is 11.0 Å². The SMILES string of the molecule is CN(CC(=O)O)C(=O)c1ccc2[nH]c(C3=CCNC4=C3CCC(C)(C)C4)cc2c1. The van der Waals surface area contributed by atoms with Crippen LogP contribution in [0.4, 0.5) is 0 Å². The fourth-order valence-corrected chi connectivity index (χ4v) is 4.33. The molecule has 2 aliphatic rings. The minimum Gasteiger partial charge on any atom is -0.480 e. The molecule has 0 saturated carbocycles. The average Bonchev–Trinajstić information content (AvgIpc) is 3.08. The number of aromatic amines is 1. The number of likely N-dealkylation sites (N-methyl/N-ethyl adjacent to an activating group) is 1. The van der Waals surface area contributed by atoms with Gasteiger partial charge in [-0.1, -0.05) is 19.9 Å². The summed E-state index contributed by atoms with van der Waals surface area (Å²) < 4.78 is 0. The van der Waals surface area contributed by atoms with Crippen LogP contribution in [0.25, 0.3) is 16.5 Å². The van der Waals surface area contributed by atoms with E-state index in [0.717, 1.165) is 36.0 Å². The summed E-state index contributed by atoms with van der Waals surface area (Å²) in [6.07, 6.45) is 5.52. The highest BCUT2D eigenvalue weighted by molar-refractivity contribution is 6.00. The molecule has 0 radical (unpaired) electrons. The monoisotopic (exact) mass is 393 g/mol. The van der Waals surface area contributed by atoms with Crippen LogP contribution in [-0.2, 0) is 4.79 Å². The van der Waals surface area contributed by atoms with Crippen molar-refractivity contribution in [3.8, 4) is 0 Å². The zero-order valence-corrected chi connectivity index (χ0v) is 17.1. The summed E-state index contributed by atoms with van der Waals surface area (Å²) in [5.41, 5.74) is 6.84. The minimum absolute atomic E-state index is 0.294. The molecule has 1 amide bonds. The number of amides is 1. The number of fused-ring (bicyclic) bond motifs is 1. The van der Waals surface area contributed by atoms with Crippen molar-refractivity contribution in [1.82, 2.24) is 15.2 Å². The summed E-state index contributed by atoms with van der Waals surface area (Å²) in [6, 6.07) is 7.55. The molecule has 0 atom stereocenters. The largest absolute Gasteiger partial charge is 0.480 e. The molecule has 2 aromatic rings. The van der Waals surface area contributed by atoms with Gasteiger partial charge in [-0.15, -0.1) is 0 Å². The van der Waals surface area contributed by atoms with Gasteiger partial charge in [0.15, 0.2) is 0 Å². The number of aromatic nitrogens is 1. The van der Waals surface area contributed by atoms with Gasteiger partial charge < -0.3 is 20.3 Å². The molecule has 0 fully saturated rings. The predicted octanol–water partition coefficient (Wildman–Crippen LogP) is 3.78. The summed E-state index contributed by atoms with van der Waals surface area (Å²) in [5, 5.41) is 13.4. The molecule has 0 unspecified atom stereocenters. The molecule has 29 heavy (non-hydrogen) atoms. The van der Waals surface area contributed by atoms with E-state index in [1.165, 1.54) is 35.2 Å². The highest BCUT2D eigenvalue weighted by Crippen LogP contribution is 2.43. The van der Waals surface area contributed by atoms with Crippen LogP contribution >= 0.6 is 0 Å². The van der Waals surface area contributed by atoms with Gasteiger partial charge in [0.05, 0.1) is 0 Å². The number of aliphatic carboxylic acids is 1. The molecule has 2 heterocycles. The maximum absolute atomic E-state index is 12.5. The fraction of sp³-hybridized carbons (Fsp3) is 0.391. The van der Waals surface area contributed by atoms with Crippen molar-refractivity contribution < 1.29 is 14.7 Å². The third-order valence-electron chi connectivity index (χ3n) is 5.90. The molecule has 1 aromatic carbocycles. The Morgan fingerprint density at radius 1 is 1.24 bits per heavy atom. The Labute approximate surface area is 170 Å². The maximum Gasteiger partial charge on any atom is 0.323 e. The van der Waals surface area contributed by atoms with E-state index < -0.39 is 5.97 Å². The van der Waals surface area contributed by atoms with Crippen LogP contribution in [0.2, 0.25) is 0 Å². The Bertz CT molecular complexity index is 1060. The molecule has 4 rings (SSSR count). The minimum atomic E-state index is -1.02. The number of rotatable bonds is 4. The number of carboxylic acids is 1. The summed E-state index contributed by atoms with van der Waals surface area (Å²) >= 11 is 0. The highest BCUT2D eigenvalue weighted by Gasteiger charge is 2.30. The van der Waals surface area contributed by atoms with E-state index in [1.54, 1.807) is 6.07 Å². The number of nitrogens with one attached hydrogen (secondary N) is 2. The predicted molar refractivity (Wildman–Crippen MR) is 114 cm³/mol. The van der Waals surface area contributed by atoms with Crippen LogP contribution in [0.15, 0.2) is 41.6 Å². The first-order valence-electron chi connectivity index (χ1n) is 10.0. The molecule has 6 nitrogen and oxygen atoms in total. The highest BCUT2D eigenvalue weighted by atomic mass is 16.4. The van der Waals surface area contributed by atoms with Gasteiger partial charge in [0, 0.05) is 47.0 Å². The van der Waals surface area contributed by atoms with Crippen molar-refractivity contribution in [3.05, 3.63) is 52.9 Å². The van der Waals surface area contributed by atoms with Crippen LogP contribution in [0.3, 0.4) is 0 Å². The Balaban J connectivity index is 1.65. The van der Waals surface area contributed by atoms with Crippen LogP contribution in [0.5, 0.6) is 0 Å². The molecular formula is C23H27N3O3. The summed E-state index contributed by atoms with van der Waals surface area (Å²) in [5.74, 6) is -1.32. The Kier molecular flexibility index (Phi) is 4.73. The van der Waals surface area contributed by atoms with E-state index in [2.05, 4.69) is 36.3 Å². The molecule has 3 N–H and O–H groups in total. The number of benzene rings is 1. The summed E-state index contributed by atoms with van der Waals surface area (Å²) in [4.78, 5) is 28.1. The zero-order valence-electron chi connectivity index (χ0n) is 17.1. The second-order valence-electron chi connectivity index (χ2n) is 8.84. The Morgan fingerprint density at radius 3 is 2.79 bits per heavy atom. The van der Waals surface area contributed by atoms with Crippen LogP contribution < -0.4 is 5.32 Å². The van der Waals surface area contributed by atoms with Gasteiger partial charge in [-0.2, -0.15) is 0 Å². The molecule has 1 aliphatic heterocycles. The van der Waals surface area contributed by atoms with Crippen molar-refractivity contribution in [3.63, 3.8) is 0 Å². The summed E-state index contributed by atoms with van der Waals surface area (Å²) in [6.45, 7) is 5.14. The standard InChI is InChI=1S/C23H27N3O3/c1-23(2)8-6-16-17(7-9-24-20(16)12-23)19-11-15-10-14(4-5-18(15)25-19)22(29)26(3)13-21(27)28/h4-5,7,10-11,24-25H,6,8-9,12-13H2,1-3H3,(H,27,28). The van der Waals surface area contributed by atoms with Gasteiger partial charge in [-0.3, -0.25) is 9.59 Å². The van der Waals surface area contributed by atoms with Crippen molar-refractivity contribution >= 4 is 28.4 Å². The van der Waals surface area contributed by atoms with E-state index in [1.807, 2.05) is 12.1 Å². The number of allylic oxidation sites excluding steroid dienone is 3. The average molecular weight is 393 g/mol. The topological polar surface area (TPSA) is 85.4 Å². The zero-order chi connectivity index (χ0) is 20.8. The number of hydrogen-bond acceptors (Lipinski definition) is 3. The second kappa shape index (κ2) is 7.10. The third kappa shape index (κ3) is 3.79. The molecule has 152 valence electrons. The number of hydrogen-bond donors (Lipinski definition) is 3. The third-order valence-corrected chi connectivity index (χ3v) is 5.90. The molecule has 1 aromatic heterocycles. The molecule has 0 bridgehead atoms. The van der Waals surface area contributed by atoms with Crippen LogP contribution in [0.1, 0.15) is 49.2 Å². The lowest BCUT2D eigenvalue weighted by atomic mass is 9.74. The number of nitrogens with zero attached hydrogens (tertiary/aromatic N) is 1. The van der Waals surface area contributed by atoms with E-state index in [4.69, 9.17) is 5.11 Å². The lowest BCUT2D eigenvalue weighted by Gasteiger charge is -2.36. The van der Waals surface area contributed by atoms with E-state index in [-0.39, 0.29) is 12.5 Å². The quantitative estimate of drug-likeness (QED) is 0.738. The van der Waals surface area contributed by atoms with Crippen molar-refractivity contribution in [2.45, 2.75) is 33.1 Å². The first kappa shape index (κ1) is 19.3. The molecule has 0 spiro atoms. The smallest absolute Gasteiger partial charge is 0.323 e. The number of carbonyl (C=O) groups excluding carboxylic acids is 1. The van der Waals surface area contributed by atoms with Crippen molar-refractivity contribution in [2.24, 2.45) is 5.41 Å². The molecule has 0 saturated heterocycles. The first-order chi connectivity index (χ1) is 13.7. The van der Waals surface area contributed by atoms with Crippen LogP contribution in [0, 0.1) is 5.41 Å². The number of carboxylic acid groups (broad SMARTS) is 1. The van der Waals surface area contributed by atoms with Crippen molar-refractivity contribution in [1.29, 1.82) is 0 Å². The van der Waals surface area contributed by atoms with E-state index in [9.17, 15) is 9.59 Å². The van der Waals surface area contributed by atoms with Gasteiger partial charge in [0.2, 0.25) is 0 Å². The van der Waals surface area contributed by atoms with Gasteiger partial charge in [-0.05, 0) is 54.5 Å². The first-order valence-corrected chi connectivity index (χ1v) is 10.0. The van der Waals surface area contributed by atoms with Crippen LogP contribution in [-0.4, -0.2) is 47.0 Å². The van der Waals surface area contributed by atoms with Gasteiger partial charge in [-0.25, -0.2) is 0 Å². The molecule has 6 heteroatoms. The van der Waals surface area contributed by atoms with Crippen molar-refractivity contribution in [2.75, 3.05) is 20.1 Å². The number of H-pyrrole nitrogens is 1. The van der Waals surface area contributed by atoms with E-state index >= 15 is 0 Å². The normalized spacial score (nSPS) is 18.1. The van der Waals surface area contributed by atoms with Gasteiger partial charge in [0.25, 0.3) is 5.91 Å². The summed E-state index contributed by atoms with van der Waals surface area (Å²) in [7, 11) is 1.50. The fourth-order valence-electron chi connectivity index (χ4n) is 4.33. The molecule has 1 aliphatic carbocycles. The number of carbonyl (C=O) groups is 2. The maximum atomic E-state index is 12.5. The van der Waals surface area contributed by atoms with Gasteiger partial charge in [0.1, 0.15) is 6.54 Å². The Hall–Kier alpha value is -3.02. The Morgan fingerprint density at radius 2 is 2.03 bits per heavy atom. The second-order valence-corrected chi connectivity index (χ2v) is 8.84. The lowest BCUT2D eigenvalue weighted by Crippen LogP contribution is -2.31. The number of dihydropyridines is 1. The van der Waals surface area contributed by atoms with Gasteiger partial charge >= 0.3 is 5.97 Å². The molecular weight excluding hydrogens is 366 g/mol. The lowest BCUT2D eigenvalue weighted by molar-refractivity contribution is -0.137.